The summed E-state index contributed by atoms with van der Waals surface area (Å²) in [6, 6.07) is 16.6. The van der Waals surface area contributed by atoms with Crippen LogP contribution >= 0.6 is 0 Å². The normalized spacial score (nSPS) is 15.4. The Bertz CT molecular complexity index is 622. The third-order valence-electron chi connectivity index (χ3n) is 3.38. The Balaban J connectivity index is 1.74. The van der Waals surface area contributed by atoms with Crippen LogP contribution < -0.4 is 4.74 Å². The zero-order chi connectivity index (χ0) is 13.9. The number of rotatable bonds is 4. The van der Waals surface area contributed by atoms with Gasteiger partial charge in [0.05, 0.1) is 17.7 Å². The summed E-state index contributed by atoms with van der Waals surface area (Å²) in [4.78, 5) is 0. The van der Waals surface area contributed by atoms with Gasteiger partial charge in [0.25, 0.3) is 0 Å². The van der Waals surface area contributed by atoms with Gasteiger partial charge in [-0.2, -0.15) is 5.26 Å². The van der Waals surface area contributed by atoms with Crippen LogP contribution in [0.15, 0.2) is 48.5 Å². The first kappa shape index (κ1) is 12.7. The van der Waals surface area contributed by atoms with Gasteiger partial charge in [-0.05, 0) is 48.2 Å². The molecule has 0 bridgehead atoms. The van der Waals surface area contributed by atoms with E-state index in [2.05, 4.69) is 6.07 Å². The molecule has 0 saturated heterocycles. The molecule has 3 heteroatoms. The first-order chi connectivity index (χ1) is 9.76. The maximum atomic E-state index is 10.3. The van der Waals surface area contributed by atoms with Crippen LogP contribution in [-0.2, 0) is 0 Å². The predicted octanol–water partition coefficient (Wildman–Crippen LogP) is 3.18. The quantitative estimate of drug-likeness (QED) is 0.923. The van der Waals surface area contributed by atoms with Gasteiger partial charge in [0.2, 0.25) is 0 Å². The van der Waals surface area contributed by atoms with E-state index in [0.717, 1.165) is 29.7 Å². The maximum absolute atomic E-state index is 10.3. The first-order valence-corrected chi connectivity index (χ1v) is 6.71. The van der Waals surface area contributed by atoms with Crippen molar-refractivity contribution in [3.8, 4) is 11.8 Å². The van der Waals surface area contributed by atoms with Gasteiger partial charge in [-0.3, -0.25) is 0 Å². The van der Waals surface area contributed by atoms with Crippen molar-refractivity contribution in [2.45, 2.75) is 25.0 Å². The van der Waals surface area contributed by atoms with Crippen molar-refractivity contribution in [2.75, 3.05) is 0 Å². The highest BCUT2D eigenvalue weighted by atomic mass is 16.5. The molecule has 2 aromatic rings. The number of hydrogen-bond acceptors (Lipinski definition) is 3. The van der Waals surface area contributed by atoms with Crippen LogP contribution in [0.3, 0.4) is 0 Å². The van der Waals surface area contributed by atoms with E-state index in [0.29, 0.717) is 11.7 Å². The summed E-state index contributed by atoms with van der Waals surface area (Å²) >= 11 is 0. The molecule has 1 aliphatic rings. The van der Waals surface area contributed by atoms with E-state index in [9.17, 15) is 5.11 Å². The van der Waals surface area contributed by atoms with E-state index in [4.69, 9.17) is 10.00 Å². The average Bonchev–Trinajstić information content (AvgIpc) is 3.31. The molecule has 1 saturated carbocycles. The molecule has 0 aromatic heterocycles. The summed E-state index contributed by atoms with van der Waals surface area (Å²) in [7, 11) is 0. The fourth-order valence-corrected chi connectivity index (χ4v) is 2.04. The van der Waals surface area contributed by atoms with E-state index >= 15 is 0 Å². The largest absolute Gasteiger partial charge is 0.490 e. The van der Waals surface area contributed by atoms with Crippen LogP contribution in [0, 0.1) is 11.3 Å². The summed E-state index contributed by atoms with van der Waals surface area (Å²) in [5.41, 5.74) is 2.19. The molecule has 1 fully saturated rings. The number of aliphatic hydroxyl groups is 1. The van der Waals surface area contributed by atoms with Crippen molar-refractivity contribution in [3.63, 3.8) is 0 Å². The molecule has 2 aromatic carbocycles. The van der Waals surface area contributed by atoms with Crippen molar-refractivity contribution < 1.29 is 9.84 Å². The number of ether oxygens (including phenoxy) is 1. The Morgan fingerprint density at radius 1 is 1.00 bits per heavy atom. The standard InChI is InChI=1S/C17H15NO2/c18-11-12-1-3-13(4-2-12)17(19)14-5-7-15(8-6-14)20-16-9-10-16/h1-8,16-17,19H,9-10H2. The summed E-state index contributed by atoms with van der Waals surface area (Å²) in [6.07, 6.45) is 1.97. The summed E-state index contributed by atoms with van der Waals surface area (Å²) in [5.74, 6) is 0.850. The number of nitrogens with zero attached hydrogens (tertiary/aromatic N) is 1. The molecule has 1 N–H and O–H groups in total. The van der Waals surface area contributed by atoms with Crippen molar-refractivity contribution in [1.29, 1.82) is 5.26 Å². The topological polar surface area (TPSA) is 53.2 Å². The molecule has 100 valence electrons. The summed E-state index contributed by atoms with van der Waals surface area (Å²) < 4.78 is 5.68. The fraction of sp³-hybridized carbons (Fsp3) is 0.235. The second kappa shape index (κ2) is 5.36. The lowest BCUT2D eigenvalue weighted by Crippen LogP contribution is -2.00. The van der Waals surface area contributed by atoms with E-state index in [1.54, 1.807) is 24.3 Å². The van der Waals surface area contributed by atoms with Gasteiger partial charge in [-0.1, -0.05) is 24.3 Å². The van der Waals surface area contributed by atoms with Gasteiger partial charge in [-0.15, -0.1) is 0 Å². The highest BCUT2D eigenvalue weighted by molar-refractivity contribution is 5.37. The van der Waals surface area contributed by atoms with Crippen LogP contribution in [0.25, 0.3) is 0 Å². The van der Waals surface area contributed by atoms with Crippen LogP contribution in [0.5, 0.6) is 5.75 Å². The predicted molar refractivity (Wildman–Crippen MR) is 75.3 cm³/mol. The second-order valence-corrected chi connectivity index (χ2v) is 5.02. The van der Waals surface area contributed by atoms with E-state index in [1.165, 1.54) is 0 Å². The monoisotopic (exact) mass is 265 g/mol. The minimum absolute atomic E-state index is 0.379. The van der Waals surface area contributed by atoms with Gasteiger partial charge in [-0.25, -0.2) is 0 Å². The zero-order valence-electron chi connectivity index (χ0n) is 11.0. The van der Waals surface area contributed by atoms with Crippen molar-refractivity contribution in [3.05, 3.63) is 65.2 Å². The Morgan fingerprint density at radius 2 is 1.55 bits per heavy atom. The van der Waals surface area contributed by atoms with E-state index < -0.39 is 6.10 Å². The molecular formula is C17H15NO2. The Morgan fingerprint density at radius 3 is 2.05 bits per heavy atom. The third-order valence-corrected chi connectivity index (χ3v) is 3.38. The summed E-state index contributed by atoms with van der Waals surface area (Å²) in [5, 5.41) is 19.1. The van der Waals surface area contributed by atoms with Crippen molar-refractivity contribution >= 4 is 0 Å². The summed E-state index contributed by atoms with van der Waals surface area (Å²) in [6.45, 7) is 0. The maximum Gasteiger partial charge on any atom is 0.119 e. The SMILES string of the molecule is N#Cc1ccc(C(O)c2ccc(OC3CC3)cc2)cc1. The molecule has 20 heavy (non-hydrogen) atoms. The van der Waals surface area contributed by atoms with Gasteiger partial charge < -0.3 is 9.84 Å². The third kappa shape index (κ3) is 2.81. The Labute approximate surface area is 118 Å². The molecule has 1 aliphatic carbocycles. The molecular weight excluding hydrogens is 250 g/mol. The van der Waals surface area contributed by atoms with Gasteiger partial charge in [0.1, 0.15) is 11.9 Å². The van der Waals surface area contributed by atoms with Gasteiger partial charge in [0.15, 0.2) is 0 Å². The number of nitriles is 1. The lowest BCUT2D eigenvalue weighted by molar-refractivity contribution is 0.220. The van der Waals surface area contributed by atoms with Gasteiger partial charge in [0, 0.05) is 0 Å². The molecule has 1 unspecified atom stereocenters. The Hall–Kier alpha value is -2.31. The minimum atomic E-state index is -0.683. The highest BCUT2D eigenvalue weighted by Gasteiger charge is 2.23. The molecule has 0 aliphatic heterocycles. The number of benzene rings is 2. The van der Waals surface area contributed by atoms with E-state index in [1.807, 2.05) is 24.3 Å². The van der Waals surface area contributed by atoms with Crippen LogP contribution in [0.2, 0.25) is 0 Å². The molecule has 0 spiro atoms. The van der Waals surface area contributed by atoms with Crippen molar-refractivity contribution in [1.82, 2.24) is 0 Å². The Kier molecular flexibility index (Phi) is 3.41. The highest BCUT2D eigenvalue weighted by Crippen LogP contribution is 2.28. The van der Waals surface area contributed by atoms with Crippen molar-refractivity contribution in [2.24, 2.45) is 0 Å². The van der Waals surface area contributed by atoms with Crippen LogP contribution in [-0.4, -0.2) is 11.2 Å². The molecule has 3 rings (SSSR count). The molecule has 0 heterocycles. The molecule has 0 radical (unpaired) electrons. The number of aliphatic hydroxyl groups excluding tert-OH is 1. The van der Waals surface area contributed by atoms with Gasteiger partial charge >= 0.3 is 0 Å². The van der Waals surface area contributed by atoms with Crippen LogP contribution in [0.1, 0.15) is 35.6 Å². The van der Waals surface area contributed by atoms with Crippen LogP contribution in [0.4, 0.5) is 0 Å². The second-order valence-electron chi connectivity index (χ2n) is 5.02. The van der Waals surface area contributed by atoms with E-state index in [-0.39, 0.29) is 0 Å². The molecule has 0 amide bonds. The number of hydrogen-bond donors (Lipinski definition) is 1. The average molecular weight is 265 g/mol. The lowest BCUT2D eigenvalue weighted by atomic mass is 10.0. The smallest absolute Gasteiger partial charge is 0.119 e. The zero-order valence-corrected chi connectivity index (χ0v) is 11.0. The fourth-order valence-electron chi connectivity index (χ4n) is 2.04. The lowest BCUT2D eigenvalue weighted by Gasteiger charge is -2.12. The molecule has 1 atom stereocenters. The minimum Gasteiger partial charge on any atom is -0.490 e. The first-order valence-electron chi connectivity index (χ1n) is 6.71. The molecule has 3 nitrogen and oxygen atoms in total.